The molecule has 0 saturated heterocycles. The molecule has 0 aliphatic heterocycles. The number of rotatable bonds is 5. The van der Waals surface area contributed by atoms with Crippen molar-refractivity contribution < 1.29 is 22.7 Å². The lowest BCUT2D eigenvalue weighted by molar-refractivity contribution is -0.135. The Labute approximate surface area is 103 Å². The summed E-state index contributed by atoms with van der Waals surface area (Å²) in [5, 5.41) is 2.26. The normalized spacial score (nSPS) is 11.1. The Morgan fingerprint density at radius 1 is 1.22 bits per heavy atom. The number of alkyl halides is 3. The van der Waals surface area contributed by atoms with E-state index < -0.39 is 18.7 Å². The summed E-state index contributed by atoms with van der Waals surface area (Å²) in [6, 6.07) is 9.02. The smallest absolute Gasteiger partial charge is 0.407 e. The SMILES string of the molecule is O=C(NCCCC(F)(F)F)OCc1ccccc1. The number of ether oxygens (including phenoxy) is 1. The van der Waals surface area contributed by atoms with Crippen molar-refractivity contribution in [2.24, 2.45) is 0 Å². The van der Waals surface area contributed by atoms with Crippen LogP contribution in [0.4, 0.5) is 18.0 Å². The van der Waals surface area contributed by atoms with Crippen molar-refractivity contribution in [2.75, 3.05) is 6.54 Å². The summed E-state index contributed by atoms with van der Waals surface area (Å²) in [6.07, 6.45) is -5.95. The molecule has 0 aliphatic rings. The van der Waals surface area contributed by atoms with Gasteiger partial charge in [-0.1, -0.05) is 30.3 Å². The van der Waals surface area contributed by atoms with Crippen LogP contribution in [0.3, 0.4) is 0 Å². The van der Waals surface area contributed by atoms with E-state index in [-0.39, 0.29) is 19.6 Å². The van der Waals surface area contributed by atoms with Crippen LogP contribution in [0, 0.1) is 0 Å². The van der Waals surface area contributed by atoms with Gasteiger partial charge in [-0.15, -0.1) is 0 Å². The van der Waals surface area contributed by atoms with E-state index in [9.17, 15) is 18.0 Å². The van der Waals surface area contributed by atoms with Crippen molar-refractivity contribution in [3.05, 3.63) is 35.9 Å². The summed E-state index contributed by atoms with van der Waals surface area (Å²) >= 11 is 0. The highest BCUT2D eigenvalue weighted by molar-refractivity contribution is 5.67. The van der Waals surface area contributed by atoms with Gasteiger partial charge in [0.25, 0.3) is 0 Å². The molecule has 0 aliphatic carbocycles. The molecule has 0 bridgehead atoms. The minimum Gasteiger partial charge on any atom is -0.445 e. The molecular formula is C12H14F3NO2. The first kappa shape index (κ1) is 14.3. The highest BCUT2D eigenvalue weighted by atomic mass is 19.4. The first-order valence-electron chi connectivity index (χ1n) is 5.49. The van der Waals surface area contributed by atoms with Gasteiger partial charge in [0.05, 0.1) is 0 Å². The minimum atomic E-state index is -4.18. The molecule has 1 amide bonds. The molecular weight excluding hydrogens is 247 g/mol. The molecule has 0 saturated carbocycles. The highest BCUT2D eigenvalue weighted by Crippen LogP contribution is 2.20. The lowest BCUT2D eigenvalue weighted by Crippen LogP contribution is -2.26. The van der Waals surface area contributed by atoms with E-state index in [0.717, 1.165) is 5.56 Å². The van der Waals surface area contributed by atoms with Gasteiger partial charge in [-0.25, -0.2) is 4.79 Å². The second-order valence-corrected chi connectivity index (χ2v) is 3.71. The zero-order valence-corrected chi connectivity index (χ0v) is 9.67. The number of hydrogen-bond donors (Lipinski definition) is 1. The molecule has 3 nitrogen and oxygen atoms in total. The van der Waals surface area contributed by atoms with Crippen molar-refractivity contribution >= 4 is 6.09 Å². The number of benzene rings is 1. The van der Waals surface area contributed by atoms with Gasteiger partial charge in [-0.05, 0) is 12.0 Å². The second-order valence-electron chi connectivity index (χ2n) is 3.71. The highest BCUT2D eigenvalue weighted by Gasteiger charge is 2.25. The summed E-state index contributed by atoms with van der Waals surface area (Å²) in [4.78, 5) is 11.1. The fraction of sp³-hybridized carbons (Fsp3) is 0.417. The minimum absolute atomic E-state index is 0.0485. The number of halogens is 3. The molecule has 1 aromatic rings. The molecule has 18 heavy (non-hydrogen) atoms. The first-order valence-corrected chi connectivity index (χ1v) is 5.49. The molecule has 6 heteroatoms. The molecule has 100 valence electrons. The number of carbonyl (C=O) groups is 1. The quantitative estimate of drug-likeness (QED) is 0.826. The standard InChI is InChI=1S/C12H14F3NO2/c13-12(14,15)7-4-8-16-11(17)18-9-10-5-2-1-3-6-10/h1-3,5-6H,4,7-9H2,(H,16,17). The fourth-order valence-electron chi connectivity index (χ4n) is 1.25. The van der Waals surface area contributed by atoms with Crippen LogP contribution in [0.1, 0.15) is 18.4 Å². The Morgan fingerprint density at radius 2 is 1.89 bits per heavy atom. The van der Waals surface area contributed by atoms with Crippen LogP contribution in [0.2, 0.25) is 0 Å². The molecule has 0 aromatic heterocycles. The number of nitrogens with one attached hydrogen (secondary N) is 1. The maximum absolute atomic E-state index is 11.8. The third kappa shape index (κ3) is 6.78. The van der Waals surface area contributed by atoms with Gasteiger partial charge < -0.3 is 10.1 Å². The monoisotopic (exact) mass is 261 g/mol. The second kappa shape index (κ2) is 6.88. The van der Waals surface area contributed by atoms with Gasteiger partial charge in [0.1, 0.15) is 6.61 Å². The van der Waals surface area contributed by atoms with Gasteiger partial charge in [-0.2, -0.15) is 13.2 Å². The van der Waals surface area contributed by atoms with Crippen LogP contribution >= 0.6 is 0 Å². The number of carbonyl (C=O) groups excluding carboxylic acids is 1. The molecule has 1 rings (SSSR count). The van der Waals surface area contributed by atoms with Crippen molar-refractivity contribution in [3.8, 4) is 0 Å². The van der Waals surface area contributed by atoms with Crippen LogP contribution in [0.5, 0.6) is 0 Å². The molecule has 0 spiro atoms. The van der Waals surface area contributed by atoms with Gasteiger partial charge in [0, 0.05) is 13.0 Å². The molecule has 0 heterocycles. The van der Waals surface area contributed by atoms with Crippen molar-refractivity contribution in [2.45, 2.75) is 25.6 Å². The zero-order chi connectivity index (χ0) is 13.4. The molecule has 0 fully saturated rings. The predicted octanol–water partition coefficient (Wildman–Crippen LogP) is 3.26. The number of amides is 1. The van der Waals surface area contributed by atoms with Crippen LogP contribution in [0.25, 0.3) is 0 Å². The van der Waals surface area contributed by atoms with Gasteiger partial charge >= 0.3 is 12.3 Å². The molecule has 1 N–H and O–H groups in total. The van der Waals surface area contributed by atoms with E-state index in [4.69, 9.17) is 4.74 Å². The van der Waals surface area contributed by atoms with Crippen molar-refractivity contribution in [3.63, 3.8) is 0 Å². The number of alkyl carbamates (subject to hydrolysis) is 1. The first-order chi connectivity index (χ1) is 8.47. The Morgan fingerprint density at radius 3 is 2.50 bits per heavy atom. The summed E-state index contributed by atoms with van der Waals surface area (Å²) in [5.41, 5.74) is 0.822. The third-order valence-electron chi connectivity index (χ3n) is 2.12. The summed E-state index contributed by atoms with van der Waals surface area (Å²) in [7, 11) is 0. The topological polar surface area (TPSA) is 38.3 Å². The summed E-state index contributed by atoms with van der Waals surface area (Å²) in [5.74, 6) is 0. The molecule has 0 atom stereocenters. The summed E-state index contributed by atoms with van der Waals surface area (Å²) < 4.78 is 40.2. The molecule has 0 unspecified atom stereocenters. The Balaban J connectivity index is 2.11. The Bertz CT molecular complexity index is 365. The average Bonchev–Trinajstić information content (AvgIpc) is 2.32. The van der Waals surface area contributed by atoms with E-state index in [1.54, 1.807) is 24.3 Å². The molecule has 0 radical (unpaired) electrons. The molecule has 1 aromatic carbocycles. The van der Waals surface area contributed by atoms with Crippen LogP contribution < -0.4 is 5.32 Å². The van der Waals surface area contributed by atoms with E-state index in [1.165, 1.54) is 0 Å². The van der Waals surface area contributed by atoms with Crippen molar-refractivity contribution in [1.82, 2.24) is 5.32 Å². The largest absolute Gasteiger partial charge is 0.445 e. The maximum atomic E-state index is 11.8. The zero-order valence-electron chi connectivity index (χ0n) is 9.67. The lowest BCUT2D eigenvalue weighted by atomic mass is 10.2. The summed E-state index contributed by atoms with van der Waals surface area (Å²) in [6.45, 7) is 0.0546. The maximum Gasteiger partial charge on any atom is 0.407 e. The Kier molecular flexibility index (Phi) is 5.48. The van der Waals surface area contributed by atoms with E-state index in [0.29, 0.717) is 0 Å². The van der Waals surface area contributed by atoms with E-state index in [1.807, 2.05) is 6.07 Å². The Hall–Kier alpha value is -1.72. The van der Waals surface area contributed by atoms with Gasteiger partial charge in [0.2, 0.25) is 0 Å². The van der Waals surface area contributed by atoms with Crippen LogP contribution in [-0.2, 0) is 11.3 Å². The van der Waals surface area contributed by atoms with E-state index in [2.05, 4.69) is 5.32 Å². The van der Waals surface area contributed by atoms with E-state index >= 15 is 0 Å². The fourth-order valence-corrected chi connectivity index (χ4v) is 1.25. The van der Waals surface area contributed by atoms with Gasteiger partial charge in [-0.3, -0.25) is 0 Å². The average molecular weight is 261 g/mol. The lowest BCUT2D eigenvalue weighted by Gasteiger charge is -2.08. The number of hydrogen-bond acceptors (Lipinski definition) is 2. The third-order valence-corrected chi connectivity index (χ3v) is 2.12. The van der Waals surface area contributed by atoms with Crippen LogP contribution in [0.15, 0.2) is 30.3 Å². The van der Waals surface area contributed by atoms with Gasteiger partial charge in [0.15, 0.2) is 0 Å². The predicted molar refractivity (Wildman–Crippen MR) is 59.9 cm³/mol. The van der Waals surface area contributed by atoms with Crippen molar-refractivity contribution in [1.29, 1.82) is 0 Å². The van der Waals surface area contributed by atoms with Crippen LogP contribution in [-0.4, -0.2) is 18.8 Å².